The minimum Gasteiger partial charge on any atom is -0.497 e. The molecule has 1 nitrogen and oxygen atoms in total. The molecule has 0 amide bonds. The summed E-state index contributed by atoms with van der Waals surface area (Å²) in [6, 6.07) is 8.30. The summed E-state index contributed by atoms with van der Waals surface area (Å²) in [5.41, 5.74) is 2.66. The number of allylic oxidation sites excluding steroid dienone is 2. The van der Waals surface area contributed by atoms with Gasteiger partial charge >= 0.3 is 0 Å². The summed E-state index contributed by atoms with van der Waals surface area (Å²) in [5.74, 6) is 0.922. The van der Waals surface area contributed by atoms with Crippen molar-refractivity contribution in [2.45, 2.75) is 52.4 Å². The molecular formula is C17H26O. The van der Waals surface area contributed by atoms with Crippen LogP contribution in [0.5, 0.6) is 5.75 Å². The lowest BCUT2D eigenvalue weighted by atomic mass is 10.0. The molecule has 0 aromatic heterocycles. The van der Waals surface area contributed by atoms with Crippen molar-refractivity contribution in [3.05, 3.63) is 35.9 Å². The highest BCUT2D eigenvalue weighted by Crippen LogP contribution is 2.19. The summed E-state index contributed by atoms with van der Waals surface area (Å²) >= 11 is 0. The number of ether oxygens (including phenoxy) is 1. The second-order valence-corrected chi connectivity index (χ2v) is 4.82. The van der Waals surface area contributed by atoms with E-state index in [4.69, 9.17) is 4.74 Å². The van der Waals surface area contributed by atoms with Gasteiger partial charge in [-0.25, -0.2) is 0 Å². The predicted molar refractivity (Wildman–Crippen MR) is 80.0 cm³/mol. The Kier molecular flexibility index (Phi) is 7.24. The molecule has 1 heteroatoms. The normalized spacial score (nSPS) is 11.6. The van der Waals surface area contributed by atoms with Crippen LogP contribution in [-0.4, -0.2) is 7.11 Å². The van der Waals surface area contributed by atoms with E-state index in [9.17, 15) is 0 Å². The van der Waals surface area contributed by atoms with E-state index in [2.05, 4.69) is 32.1 Å². The molecule has 1 rings (SSSR count). The summed E-state index contributed by atoms with van der Waals surface area (Å²) in [5, 5.41) is 0. The van der Waals surface area contributed by atoms with Crippen molar-refractivity contribution in [1.82, 2.24) is 0 Å². The number of methoxy groups -OCH3 is 1. The van der Waals surface area contributed by atoms with Crippen LogP contribution in [0.3, 0.4) is 0 Å². The van der Waals surface area contributed by atoms with Crippen LogP contribution >= 0.6 is 0 Å². The zero-order chi connectivity index (χ0) is 13.2. The summed E-state index contributed by atoms with van der Waals surface area (Å²) in [4.78, 5) is 0. The lowest BCUT2D eigenvalue weighted by Crippen LogP contribution is -1.84. The minimum absolute atomic E-state index is 0.922. The molecule has 1 aromatic rings. The molecule has 100 valence electrons. The molecule has 0 heterocycles. The Morgan fingerprint density at radius 3 is 2.33 bits per heavy atom. The monoisotopic (exact) mass is 246 g/mol. The number of benzene rings is 1. The molecule has 1 aromatic carbocycles. The zero-order valence-corrected chi connectivity index (χ0v) is 12.0. The lowest BCUT2D eigenvalue weighted by molar-refractivity contribution is 0.415. The van der Waals surface area contributed by atoms with E-state index >= 15 is 0 Å². The standard InChI is InChI=1S/C17H26O/c1-4-5-6-7-8-9-10-15(2)16-11-13-17(18-3)14-12-16/h10-14H,4-9H2,1-3H3. The lowest BCUT2D eigenvalue weighted by Gasteiger charge is -2.04. The van der Waals surface area contributed by atoms with Gasteiger partial charge in [0.25, 0.3) is 0 Å². The van der Waals surface area contributed by atoms with Crippen LogP contribution in [0, 0.1) is 0 Å². The molecule has 0 saturated carbocycles. The van der Waals surface area contributed by atoms with E-state index in [1.165, 1.54) is 49.7 Å². The van der Waals surface area contributed by atoms with Crippen molar-refractivity contribution in [3.8, 4) is 5.75 Å². The maximum Gasteiger partial charge on any atom is 0.118 e. The zero-order valence-electron chi connectivity index (χ0n) is 12.0. The molecule has 0 fully saturated rings. The van der Waals surface area contributed by atoms with Crippen LogP contribution in [0.2, 0.25) is 0 Å². The third-order valence-electron chi connectivity index (χ3n) is 3.30. The van der Waals surface area contributed by atoms with Crippen LogP contribution in [0.15, 0.2) is 30.3 Å². The van der Waals surface area contributed by atoms with Gasteiger partial charge in [-0.05, 0) is 43.0 Å². The molecule has 0 N–H and O–H groups in total. The molecule has 0 aliphatic rings. The molecule has 0 aliphatic carbocycles. The highest BCUT2D eigenvalue weighted by Gasteiger charge is 1.96. The number of hydrogen-bond acceptors (Lipinski definition) is 1. The summed E-state index contributed by atoms with van der Waals surface area (Å²) in [6.07, 6.45) is 10.3. The van der Waals surface area contributed by atoms with Gasteiger partial charge in [0.05, 0.1) is 7.11 Å². The largest absolute Gasteiger partial charge is 0.497 e. The topological polar surface area (TPSA) is 9.23 Å². The van der Waals surface area contributed by atoms with Crippen LogP contribution < -0.4 is 4.74 Å². The Bertz CT molecular complexity index is 348. The van der Waals surface area contributed by atoms with Gasteiger partial charge in [-0.1, -0.05) is 50.8 Å². The average Bonchev–Trinajstić information content (AvgIpc) is 2.42. The van der Waals surface area contributed by atoms with Crippen molar-refractivity contribution in [2.75, 3.05) is 7.11 Å². The third kappa shape index (κ3) is 5.39. The van der Waals surface area contributed by atoms with Crippen molar-refractivity contribution >= 4 is 5.57 Å². The summed E-state index contributed by atoms with van der Waals surface area (Å²) in [7, 11) is 1.70. The van der Waals surface area contributed by atoms with Crippen LogP contribution in [0.25, 0.3) is 5.57 Å². The molecule has 18 heavy (non-hydrogen) atoms. The maximum absolute atomic E-state index is 5.17. The molecule has 0 saturated heterocycles. The fourth-order valence-corrected chi connectivity index (χ4v) is 2.04. The molecule has 0 radical (unpaired) electrons. The van der Waals surface area contributed by atoms with Crippen LogP contribution in [0.4, 0.5) is 0 Å². The average molecular weight is 246 g/mol. The number of hydrogen-bond donors (Lipinski definition) is 0. The summed E-state index contributed by atoms with van der Waals surface area (Å²) < 4.78 is 5.17. The molecule has 0 spiro atoms. The molecule has 0 aliphatic heterocycles. The van der Waals surface area contributed by atoms with E-state index in [0.29, 0.717) is 0 Å². The van der Waals surface area contributed by atoms with Gasteiger partial charge in [0.15, 0.2) is 0 Å². The third-order valence-corrected chi connectivity index (χ3v) is 3.30. The van der Waals surface area contributed by atoms with Crippen molar-refractivity contribution in [1.29, 1.82) is 0 Å². The molecular weight excluding hydrogens is 220 g/mol. The highest BCUT2D eigenvalue weighted by molar-refractivity contribution is 5.64. The quantitative estimate of drug-likeness (QED) is 0.553. The first-order valence-electron chi connectivity index (χ1n) is 7.09. The predicted octanol–water partition coefficient (Wildman–Crippen LogP) is 5.46. The smallest absolute Gasteiger partial charge is 0.118 e. The second-order valence-electron chi connectivity index (χ2n) is 4.82. The SMILES string of the molecule is CCCCCCCC=C(C)c1ccc(OC)cc1. The molecule has 0 unspecified atom stereocenters. The number of rotatable bonds is 8. The fourth-order valence-electron chi connectivity index (χ4n) is 2.04. The van der Waals surface area contributed by atoms with Gasteiger partial charge in [0.2, 0.25) is 0 Å². The van der Waals surface area contributed by atoms with Gasteiger partial charge in [-0.3, -0.25) is 0 Å². The Hall–Kier alpha value is -1.24. The number of unbranched alkanes of at least 4 members (excludes halogenated alkanes) is 5. The fraction of sp³-hybridized carbons (Fsp3) is 0.529. The maximum atomic E-state index is 5.17. The van der Waals surface area contributed by atoms with Crippen molar-refractivity contribution in [3.63, 3.8) is 0 Å². The first-order valence-corrected chi connectivity index (χ1v) is 7.09. The van der Waals surface area contributed by atoms with E-state index in [1.807, 2.05) is 12.1 Å². The second kappa shape index (κ2) is 8.79. The molecule has 0 atom stereocenters. The van der Waals surface area contributed by atoms with Crippen LogP contribution in [0.1, 0.15) is 57.9 Å². The Morgan fingerprint density at radius 2 is 1.72 bits per heavy atom. The minimum atomic E-state index is 0.922. The van der Waals surface area contributed by atoms with Gasteiger partial charge < -0.3 is 4.74 Å². The van der Waals surface area contributed by atoms with Crippen LogP contribution in [-0.2, 0) is 0 Å². The first kappa shape index (κ1) is 14.8. The van der Waals surface area contributed by atoms with Gasteiger partial charge in [0, 0.05) is 0 Å². The molecule has 0 bridgehead atoms. The van der Waals surface area contributed by atoms with E-state index in [1.54, 1.807) is 7.11 Å². The van der Waals surface area contributed by atoms with Gasteiger partial charge in [-0.15, -0.1) is 0 Å². The Balaban J connectivity index is 2.35. The van der Waals surface area contributed by atoms with Crippen molar-refractivity contribution in [2.24, 2.45) is 0 Å². The van der Waals surface area contributed by atoms with Crippen molar-refractivity contribution < 1.29 is 4.74 Å². The van der Waals surface area contributed by atoms with Gasteiger partial charge in [0.1, 0.15) is 5.75 Å². The van der Waals surface area contributed by atoms with E-state index in [-0.39, 0.29) is 0 Å². The van der Waals surface area contributed by atoms with E-state index in [0.717, 1.165) is 5.75 Å². The highest BCUT2D eigenvalue weighted by atomic mass is 16.5. The first-order chi connectivity index (χ1) is 8.77. The van der Waals surface area contributed by atoms with Gasteiger partial charge in [-0.2, -0.15) is 0 Å². The Morgan fingerprint density at radius 1 is 1.06 bits per heavy atom. The van der Waals surface area contributed by atoms with E-state index < -0.39 is 0 Å². The summed E-state index contributed by atoms with van der Waals surface area (Å²) in [6.45, 7) is 4.45. The Labute approximate surface area is 112 Å².